The highest BCUT2D eigenvalue weighted by Crippen LogP contribution is 2.05. The number of aliphatic carboxylic acids is 2. The van der Waals surface area contributed by atoms with E-state index in [1.54, 1.807) is 0 Å². The number of hydrogen-bond acceptors (Lipinski definition) is 7. The van der Waals surface area contributed by atoms with Crippen molar-refractivity contribution in [1.82, 2.24) is 5.32 Å². The molecule has 0 amide bonds. The van der Waals surface area contributed by atoms with Crippen molar-refractivity contribution < 1.29 is 30.0 Å². The van der Waals surface area contributed by atoms with Gasteiger partial charge in [-0.2, -0.15) is 0 Å². The quantitative estimate of drug-likeness (QED) is 0.274. The molecule has 1 saturated heterocycles. The number of carboxylic acid groups (broad SMARTS) is 2. The molecular weight excluding hydrogens is 270 g/mol. The van der Waals surface area contributed by atoms with Gasteiger partial charge in [-0.15, -0.1) is 0 Å². The van der Waals surface area contributed by atoms with Crippen LogP contribution in [-0.2, 0) is 9.59 Å². The van der Waals surface area contributed by atoms with E-state index in [-0.39, 0.29) is 13.0 Å². The predicted octanol–water partition coefficient (Wildman–Crippen LogP) is -2.71. The molecule has 0 aromatic heterocycles. The SMILES string of the molecule is NC[C@H](O)CC[C@H](N)C(=O)O.O=C(O)[C@@H]1C[C@@H](O)CN1. The Morgan fingerprint density at radius 1 is 1.30 bits per heavy atom. The lowest BCUT2D eigenvalue weighted by molar-refractivity contribution is -0.140. The van der Waals surface area contributed by atoms with Crippen molar-refractivity contribution in [2.45, 2.75) is 43.6 Å². The van der Waals surface area contributed by atoms with Gasteiger partial charge < -0.3 is 37.2 Å². The smallest absolute Gasteiger partial charge is 0.320 e. The second kappa shape index (κ2) is 9.61. The number of β-amino-alcohol motifs (C(OH)–C–C–N with tert-alkyl or cyclic N) is 1. The van der Waals surface area contributed by atoms with Crippen LogP contribution in [0.5, 0.6) is 0 Å². The maximum Gasteiger partial charge on any atom is 0.320 e. The summed E-state index contributed by atoms with van der Waals surface area (Å²) in [5.74, 6) is -1.93. The molecule has 0 radical (unpaired) electrons. The second-order valence-electron chi connectivity index (χ2n) is 4.60. The molecule has 1 aliphatic rings. The first-order valence-corrected chi connectivity index (χ1v) is 6.28. The Hall–Kier alpha value is -1.26. The minimum atomic E-state index is -1.05. The van der Waals surface area contributed by atoms with Crippen molar-refractivity contribution in [3.8, 4) is 0 Å². The zero-order valence-electron chi connectivity index (χ0n) is 11.1. The molecule has 1 fully saturated rings. The normalized spacial score (nSPS) is 24.4. The molecule has 20 heavy (non-hydrogen) atoms. The molecule has 9 nitrogen and oxygen atoms in total. The average molecular weight is 293 g/mol. The van der Waals surface area contributed by atoms with Crippen LogP contribution in [0.3, 0.4) is 0 Å². The van der Waals surface area contributed by atoms with E-state index in [9.17, 15) is 9.59 Å². The summed E-state index contributed by atoms with van der Waals surface area (Å²) in [6.45, 7) is 0.545. The minimum Gasteiger partial charge on any atom is -0.480 e. The van der Waals surface area contributed by atoms with Crippen LogP contribution in [0.1, 0.15) is 19.3 Å². The van der Waals surface area contributed by atoms with Gasteiger partial charge in [0.25, 0.3) is 0 Å². The maximum absolute atomic E-state index is 10.2. The summed E-state index contributed by atoms with van der Waals surface area (Å²) in [7, 11) is 0. The number of carboxylic acids is 2. The van der Waals surface area contributed by atoms with Gasteiger partial charge in [-0.05, 0) is 12.8 Å². The van der Waals surface area contributed by atoms with Crippen LogP contribution in [0.4, 0.5) is 0 Å². The lowest BCUT2D eigenvalue weighted by Gasteiger charge is -2.09. The molecule has 4 atom stereocenters. The van der Waals surface area contributed by atoms with Gasteiger partial charge in [0.15, 0.2) is 0 Å². The predicted molar refractivity (Wildman–Crippen MR) is 70.0 cm³/mol. The molecule has 0 aromatic carbocycles. The number of nitrogens with one attached hydrogen (secondary N) is 1. The van der Waals surface area contributed by atoms with Crippen molar-refractivity contribution in [2.75, 3.05) is 13.1 Å². The van der Waals surface area contributed by atoms with Gasteiger partial charge in [0.2, 0.25) is 0 Å². The molecule has 0 unspecified atom stereocenters. The standard InChI is InChI=1S/C6H14N2O3.C5H9NO3/c7-3-4(9)1-2-5(8)6(10)11;7-3-1-4(5(8)9)6-2-3/h4-5,9H,1-3,7-8H2,(H,10,11);3-4,6-7H,1-2H2,(H,8,9)/t4-,5+;3-,4+/m11/s1. The highest BCUT2D eigenvalue weighted by molar-refractivity contribution is 5.74. The van der Waals surface area contributed by atoms with E-state index in [2.05, 4.69) is 5.32 Å². The van der Waals surface area contributed by atoms with Gasteiger partial charge in [0.05, 0.1) is 12.2 Å². The van der Waals surface area contributed by atoms with Crippen LogP contribution >= 0.6 is 0 Å². The number of carbonyl (C=O) groups is 2. The third kappa shape index (κ3) is 8.02. The minimum absolute atomic E-state index is 0.145. The molecule has 0 aromatic rings. The first-order valence-electron chi connectivity index (χ1n) is 6.28. The molecule has 9 heteroatoms. The number of aliphatic hydroxyl groups is 2. The van der Waals surface area contributed by atoms with Crippen molar-refractivity contribution in [1.29, 1.82) is 0 Å². The lowest BCUT2D eigenvalue weighted by atomic mass is 10.1. The van der Waals surface area contributed by atoms with E-state index in [1.165, 1.54) is 0 Å². The summed E-state index contributed by atoms with van der Waals surface area (Å²) in [4.78, 5) is 20.3. The third-order valence-corrected chi connectivity index (χ3v) is 2.81. The fraction of sp³-hybridized carbons (Fsp3) is 0.818. The zero-order chi connectivity index (χ0) is 15.7. The summed E-state index contributed by atoms with van der Waals surface area (Å²) in [5, 5.41) is 37.1. The summed E-state index contributed by atoms with van der Waals surface area (Å²) in [5.41, 5.74) is 10.3. The molecular formula is C11H23N3O6. The first kappa shape index (κ1) is 18.7. The summed E-state index contributed by atoms with van der Waals surface area (Å²) >= 11 is 0. The van der Waals surface area contributed by atoms with Gasteiger partial charge in [-0.25, -0.2) is 0 Å². The summed E-state index contributed by atoms with van der Waals surface area (Å²) < 4.78 is 0. The highest BCUT2D eigenvalue weighted by atomic mass is 16.4. The van der Waals surface area contributed by atoms with Gasteiger partial charge in [-0.1, -0.05) is 0 Å². The number of aliphatic hydroxyl groups excluding tert-OH is 2. The molecule has 1 rings (SSSR count). The van der Waals surface area contributed by atoms with Crippen LogP contribution in [0.25, 0.3) is 0 Å². The molecule has 0 spiro atoms. The van der Waals surface area contributed by atoms with Crippen LogP contribution in [0.2, 0.25) is 0 Å². The monoisotopic (exact) mass is 293 g/mol. The molecule has 1 aliphatic heterocycles. The number of hydrogen-bond donors (Lipinski definition) is 7. The Kier molecular flexibility index (Phi) is 9.01. The molecule has 9 N–H and O–H groups in total. The Morgan fingerprint density at radius 3 is 2.20 bits per heavy atom. The van der Waals surface area contributed by atoms with Crippen LogP contribution in [-0.4, -0.2) is 69.7 Å². The van der Waals surface area contributed by atoms with Gasteiger partial charge >= 0.3 is 11.9 Å². The average Bonchev–Trinajstić information content (AvgIpc) is 2.83. The topological polar surface area (TPSA) is 179 Å². The second-order valence-corrected chi connectivity index (χ2v) is 4.60. The molecule has 1 heterocycles. The highest BCUT2D eigenvalue weighted by Gasteiger charge is 2.27. The van der Waals surface area contributed by atoms with Gasteiger partial charge in [0, 0.05) is 19.5 Å². The fourth-order valence-electron chi connectivity index (χ4n) is 1.52. The largest absolute Gasteiger partial charge is 0.480 e. The fourth-order valence-corrected chi connectivity index (χ4v) is 1.52. The van der Waals surface area contributed by atoms with E-state index in [0.717, 1.165) is 0 Å². The molecule has 0 bridgehead atoms. The van der Waals surface area contributed by atoms with Crippen molar-refractivity contribution in [2.24, 2.45) is 11.5 Å². The van der Waals surface area contributed by atoms with Crippen LogP contribution in [0.15, 0.2) is 0 Å². The Bertz CT molecular complexity index is 315. The summed E-state index contributed by atoms with van der Waals surface area (Å²) in [6, 6.07) is -1.43. The zero-order valence-corrected chi connectivity index (χ0v) is 11.1. The van der Waals surface area contributed by atoms with Crippen molar-refractivity contribution >= 4 is 11.9 Å². The Labute approximate surface area is 116 Å². The van der Waals surface area contributed by atoms with E-state index < -0.39 is 36.2 Å². The van der Waals surface area contributed by atoms with E-state index in [4.69, 9.17) is 31.9 Å². The van der Waals surface area contributed by atoms with Crippen molar-refractivity contribution in [3.63, 3.8) is 0 Å². The first-order chi connectivity index (χ1) is 9.27. The van der Waals surface area contributed by atoms with Crippen molar-refractivity contribution in [3.05, 3.63) is 0 Å². The summed E-state index contributed by atoms with van der Waals surface area (Å²) in [6.07, 6.45) is -0.195. The van der Waals surface area contributed by atoms with Gasteiger partial charge in [-0.3, -0.25) is 9.59 Å². The molecule has 0 aliphatic carbocycles. The Morgan fingerprint density at radius 2 is 1.90 bits per heavy atom. The maximum atomic E-state index is 10.2. The molecule has 0 saturated carbocycles. The van der Waals surface area contributed by atoms with E-state index in [1.807, 2.05) is 0 Å². The number of rotatable bonds is 6. The molecule has 118 valence electrons. The van der Waals surface area contributed by atoms with E-state index >= 15 is 0 Å². The van der Waals surface area contributed by atoms with Crippen LogP contribution in [0, 0.1) is 0 Å². The lowest BCUT2D eigenvalue weighted by Crippen LogP contribution is -2.32. The van der Waals surface area contributed by atoms with E-state index in [0.29, 0.717) is 19.4 Å². The van der Waals surface area contributed by atoms with Crippen LogP contribution < -0.4 is 16.8 Å². The Balaban J connectivity index is 0.000000367. The number of nitrogens with two attached hydrogens (primary N) is 2. The third-order valence-electron chi connectivity index (χ3n) is 2.81. The van der Waals surface area contributed by atoms with Gasteiger partial charge in [0.1, 0.15) is 12.1 Å².